The van der Waals surface area contributed by atoms with Crippen molar-refractivity contribution in [2.75, 3.05) is 6.54 Å². The Kier molecular flexibility index (Phi) is 2.92. The monoisotopic (exact) mass is 193 g/mol. The van der Waals surface area contributed by atoms with Crippen LogP contribution in [0.25, 0.3) is 0 Å². The highest BCUT2D eigenvalue weighted by Gasteiger charge is 2.27. The third-order valence-electron chi connectivity index (χ3n) is 3.08. The lowest BCUT2D eigenvalue weighted by molar-refractivity contribution is 0.0963. The largest absolute Gasteiger partial charge is 0.468 e. The van der Waals surface area contributed by atoms with E-state index < -0.39 is 0 Å². The van der Waals surface area contributed by atoms with Crippen molar-refractivity contribution in [3.8, 4) is 0 Å². The molecular weight excluding hydrogens is 174 g/mol. The van der Waals surface area contributed by atoms with Gasteiger partial charge in [-0.25, -0.2) is 0 Å². The molecule has 0 bridgehead atoms. The molecule has 0 aromatic carbocycles. The van der Waals surface area contributed by atoms with Crippen molar-refractivity contribution in [3.05, 3.63) is 24.2 Å². The molecule has 2 rings (SSSR count). The topological polar surface area (TPSA) is 16.4 Å². The molecule has 0 aliphatic carbocycles. The van der Waals surface area contributed by atoms with Gasteiger partial charge in [-0.05, 0) is 45.4 Å². The van der Waals surface area contributed by atoms with E-state index in [0.717, 1.165) is 5.76 Å². The minimum absolute atomic E-state index is 0.513. The van der Waals surface area contributed by atoms with Crippen molar-refractivity contribution in [3.63, 3.8) is 0 Å². The van der Waals surface area contributed by atoms with Gasteiger partial charge in [0.15, 0.2) is 0 Å². The zero-order chi connectivity index (χ0) is 9.97. The number of piperidine rings is 1. The van der Waals surface area contributed by atoms with Crippen molar-refractivity contribution in [2.24, 2.45) is 0 Å². The van der Waals surface area contributed by atoms with E-state index in [2.05, 4.69) is 24.8 Å². The molecule has 0 N–H and O–H groups in total. The number of rotatable bonds is 2. The van der Waals surface area contributed by atoms with Crippen LogP contribution in [0.1, 0.15) is 44.9 Å². The van der Waals surface area contributed by atoms with Crippen molar-refractivity contribution < 1.29 is 4.42 Å². The molecule has 14 heavy (non-hydrogen) atoms. The van der Waals surface area contributed by atoms with E-state index in [1.54, 1.807) is 6.26 Å². The fourth-order valence-corrected chi connectivity index (χ4v) is 2.36. The van der Waals surface area contributed by atoms with E-state index in [4.69, 9.17) is 4.42 Å². The summed E-state index contributed by atoms with van der Waals surface area (Å²) in [5, 5.41) is 0. The second-order valence-corrected chi connectivity index (χ2v) is 4.36. The predicted molar refractivity (Wildman–Crippen MR) is 57.1 cm³/mol. The molecule has 0 amide bonds. The van der Waals surface area contributed by atoms with Gasteiger partial charge in [-0.15, -0.1) is 0 Å². The number of likely N-dealkylation sites (tertiary alicyclic amines) is 1. The number of furan rings is 1. The zero-order valence-corrected chi connectivity index (χ0v) is 9.07. The lowest BCUT2D eigenvalue weighted by Gasteiger charge is -2.37. The molecule has 0 unspecified atom stereocenters. The Morgan fingerprint density at radius 3 is 2.93 bits per heavy atom. The van der Waals surface area contributed by atoms with Crippen LogP contribution in [0.3, 0.4) is 0 Å². The lowest BCUT2D eigenvalue weighted by Crippen LogP contribution is -2.38. The van der Waals surface area contributed by atoms with E-state index in [9.17, 15) is 0 Å². The normalized spacial score (nSPS) is 24.4. The van der Waals surface area contributed by atoms with Gasteiger partial charge in [0.1, 0.15) is 5.76 Å². The SMILES string of the molecule is CC(C)N1CCCC[C@@H]1c1ccco1. The second kappa shape index (κ2) is 4.18. The van der Waals surface area contributed by atoms with Crippen LogP contribution in [-0.4, -0.2) is 17.5 Å². The Hall–Kier alpha value is -0.760. The predicted octanol–water partition coefficient (Wildman–Crippen LogP) is 3.22. The maximum atomic E-state index is 5.51. The van der Waals surface area contributed by atoms with Crippen LogP contribution in [-0.2, 0) is 0 Å². The number of hydrogen-bond donors (Lipinski definition) is 0. The van der Waals surface area contributed by atoms with E-state index >= 15 is 0 Å². The fraction of sp³-hybridized carbons (Fsp3) is 0.667. The smallest absolute Gasteiger partial charge is 0.120 e. The summed E-state index contributed by atoms with van der Waals surface area (Å²) in [5.74, 6) is 1.14. The molecule has 1 saturated heterocycles. The van der Waals surface area contributed by atoms with Crippen LogP contribution in [0, 0.1) is 0 Å². The van der Waals surface area contributed by atoms with Gasteiger partial charge in [0, 0.05) is 6.04 Å². The van der Waals surface area contributed by atoms with Crippen LogP contribution in [0.2, 0.25) is 0 Å². The average Bonchev–Trinajstić information content (AvgIpc) is 2.70. The number of nitrogens with zero attached hydrogens (tertiary/aromatic N) is 1. The summed E-state index contributed by atoms with van der Waals surface area (Å²) in [5.41, 5.74) is 0. The molecule has 1 aromatic rings. The minimum atomic E-state index is 0.513. The molecule has 1 fully saturated rings. The molecule has 1 atom stereocenters. The average molecular weight is 193 g/mol. The first-order chi connectivity index (χ1) is 6.79. The Morgan fingerprint density at radius 1 is 1.43 bits per heavy atom. The summed E-state index contributed by atoms with van der Waals surface area (Å²) < 4.78 is 5.51. The van der Waals surface area contributed by atoms with Gasteiger partial charge in [-0.2, -0.15) is 0 Å². The molecule has 78 valence electrons. The van der Waals surface area contributed by atoms with Gasteiger partial charge >= 0.3 is 0 Å². The van der Waals surface area contributed by atoms with Crippen LogP contribution in [0.5, 0.6) is 0 Å². The summed E-state index contributed by atoms with van der Waals surface area (Å²) in [7, 11) is 0. The summed E-state index contributed by atoms with van der Waals surface area (Å²) in [6, 6.07) is 5.22. The molecule has 1 aliphatic rings. The Balaban J connectivity index is 2.14. The second-order valence-electron chi connectivity index (χ2n) is 4.36. The maximum Gasteiger partial charge on any atom is 0.120 e. The maximum absolute atomic E-state index is 5.51. The first-order valence-corrected chi connectivity index (χ1v) is 5.58. The summed E-state index contributed by atoms with van der Waals surface area (Å²) in [6.45, 7) is 5.74. The summed E-state index contributed by atoms with van der Waals surface area (Å²) in [6.07, 6.45) is 5.68. The van der Waals surface area contributed by atoms with E-state index in [1.807, 2.05) is 6.07 Å². The van der Waals surface area contributed by atoms with Crippen molar-refractivity contribution >= 4 is 0 Å². The molecule has 2 heteroatoms. The first kappa shape index (κ1) is 9.78. The molecule has 0 radical (unpaired) electrons. The number of hydrogen-bond acceptors (Lipinski definition) is 2. The van der Waals surface area contributed by atoms with Gasteiger partial charge in [-0.1, -0.05) is 6.42 Å². The Morgan fingerprint density at radius 2 is 2.29 bits per heavy atom. The van der Waals surface area contributed by atoms with Crippen LogP contribution in [0.4, 0.5) is 0 Å². The lowest BCUT2D eigenvalue weighted by atomic mass is 9.98. The highest BCUT2D eigenvalue weighted by molar-refractivity contribution is 5.06. The van der Waals surface area contributed by atoms with Crippen LogP contribution >= 0.6 is 0 Å². The molecule has 2 nitrogen and oxygen atoms in total. The molecule has 0 saturated carbocycles. The molecular formula is C12H19NO. The summed E-state index contributed by atoms with van der Waals surface area (Å²) in [4.78, 5) is 2.54. The zero-order valence-electron chi connectivity index (χ0n) is 9.07. The van der Waals surface area contributed by atoms with Crippen molar-refractivity contribution in [1.29, 1.82) is 0 Å². The third kappa shape index (κ3) is 1.85. The van der Waals surface area contributed by atoms with Crippen LogP contribution < -0.4 is 0 Å². The molecule has 1 aliphatic heterocycles. The third-order valence-corrected chi connectivity index (χ3v) is 3.08. The first-order valence-electron chi connectivity index (χ1n) is 5.58. The quantitative estimate of drug-likeness (QED) is 0.717. The standard InChI is InChI=1S/C12H19NO/c1-10(2)13-8-4-3-6-11(13)12-7-5-9-14-12/h5,7,9-11H,3-4,6,8H2,1-2H3/t11-/m1/s1. The molecule has 1 aromatic heterocycles. The van der Waals surface area contributed by atoms with Gasteiger partial charge in [-0.3, -0.25) is 4.90 Å². The fourth-order valence-electron chi connectivity index (χ4n) is 2.36. The van der Waals surface area contributed by atoms with Gasteiger partial charge in [0.2, 0.25) is 0 Å². The molecule has 2 heterocycles. The highest BCUT2D eigenvalue weighted by atomic mass is 16.3. The Labute approximate surface area is 85.9 Å². The van der Waals surface area contributed by atoms with Crippen LogP contribution in [0.15, 0.2) is 22.8 Å². The van der Waals surface area contributed by atoms with Gasteiger partial charge in [0.05, 0.1) is 12.3 Å². The van der Waals surface area contributed by atoms with Crippen molar-refractivity contribution in [2.45, 2.75) is 45.2 Å². The van der Waals surface area contributed by atoms with Gasteiger partial charge < -0.3 is 4.42 Å². The van der Waals surface area contributed by atoms with E-state index in [0.29, 0.717) is 12.1 Å². The van der Waals surface area contributed by atoms with E-state index in [-0.39, 0.29) is 0 Å². The summed E-state index contributed by atoms with van der Waals surface area (Å²) >= 11 is 0. The van der Waals surface area contributed by atoms with E-state index in [1.165, 1.54) is 25.8 Å². The van der Waals surface area contributed by atoms with Crippen molar-refractivity contribution in [1.82, 2.24) is 4.90 Å². The Bertz CT molecular complexity index is 266. The minimum Gasteiger partial charge on any atom is -0.468 e. The highest BCUT2D eigenvalue weighted by Crippen LogP contribution is 2.32. The molecule has 0 spiro atoms. The van der Waals surface area contributed by atoms with Gasteiger partial charge in [0.25, 0.3) is 0 Å².